The van der Waals surface area contributed by atoms with Crippen molar-refractivity contribution in [3.8, 4) is 0 Å². The van der Waals surface area contributed by atoms with Gasteiger partial charge >= 0.3 is 0 Å². The molecule has 0 aliphatic heterocycles. The van der Waals surface area contributed by atoms with Gasteiger partial charge in [0, 0.05) is 21.9 Å². The summed E-state index contributed by atoms with van der Waals surface area (Å²) in [6.45, 7) is 0. The summed E-state index contributed by atoms with van der Waals surface area (Å²) in [4.78, 5) is 11.5. The molecule has 4 heteroatoms. The molecule has 0 radical (unpaired) electrons. The highest BCUT2D eigenvalue weighted by Gasteiger charge is 2.11. The van der Waals surface area contributed by atoms with E-state index in [4.69, 9.17) is 5.73 Å². The van der Waals surface area contributed by atoms with Crippen molar-refractivity contribution in [3.05, 3.63) is 28.2 Å². The molecule has 0 spiro atoms. The van der Waals surface area contributed by atoms with Crippen molar-refractivity contribution >= 4 is 43.3 Å². The number of Topliss-reactive ketones (excluding diaryl/α,β-unsaturated/α-hetero) is 1. The minimum atomic E-state index is 0.0573. The summed E-state index contributed by atoms with van der Waals surface area (Å²) >= 11 is 6.52. The number of hydrogen-bond donors (Lipinski definition) is 1. The molecule has 70 valence electrons. The quantitative estimate of drug-likeness (QED) is 0.530. The van der Waals surface area contributed by atoms with Gasteiger partial charge < -0.3 is 5.73 Å². The van der Waals surface area contributed by atoms with Gasteiger partial charge in [0.1, 0.15) is 0 Å². The fraction of sp³-hybridized carbons (Fsp3) is 0.222. The average Bonchev–Trinajstić information content (AvgIpc) is 2.04. The van der Waals surface area contributed by atoms with Gasteiger partial charge in [-0.25, -0.2) is 0 Å². The molecule has 0 fully saturated rings. The van der Waals surface area contributed by atoms with Crippen LogP contribution in [-0.2, 0) is 0 Å². The van der Waals surface area contributed by atoms with Crippen molar-refractivity contribution in [1.82, 2.24) is 0 Å². The normalized spacial score (nSPS) is 10.0. The fourth-order valence-electron chi connectivity index (χ4n) is 1.05. The number of carbonyl (C=O) groups is 1. The van der Waals surface area contributed by atoms with Crippen molar-refractivity contribution in [3.63, 3.8) is 0 Å². The van der Waals surface area contributed by atoms with Crippen LogP contribution in [0.5, 0.6) is 0 Å². The van der Waals surface area contributed by atoms with Crippen LogP contribution in [0.2, 0.25) is 0 Å². The van der Waals surface area contributed by atoms with Crippen LogP contribution in [0.15, 0.2) is 22.7 Å². The Morgan fingerprint density at radius 3 is 2.69 bits per heavy atom. The first-order chi connectivity index (χ1) is 6.16. The van der Waals surface area contributed by atoms with E-state index >= 15 is 0 Å². The number of ketones is 1. The van der Waals surface area contributed by atoms with E-state index in [1.54, 1.807) is 6.07 Å². The van der Waals surface area contributed by atoms with E-state index in [-0.39, 0.29) is 5.78 Å². The van der Waals surface area contributed by atoms with E-state index in [2.05, 4.69) is 31.9 Å². The van der Waals surface area contributed by atoms with Gasteiger partial charge in [0.25, 0.3) is 0 Å². The minimum absolute atomic E-state index is 0.0573. The van der Waals surface area contributed by atoms with Gasteiger partial charge in [-0.05, 0) is 28.1 Å². The molecule has 0 atom stereocenters. The molecule has 1 rings (SSSR count). The van der Waals surface area contributed by atoms with E-state index in [0.717, 1.165) is 4.47 Å². The van der Waals surface area contributed by atoms with Gasteiger partial charge in [-0.15, -0.1) is 0 Å². The number of anilines is 1. The minimum Gasteiger partial charge on any atom is -0.398 e. The van der Waals surface area contributed by atoms with Crippen molar-refractivity contribution < 1.29 is 4.79 Å². The predicted octanol–water partition coefficient (Wildman–Crippen LogP) is 3.00. The maximum atomic E-state index is 11.5. The number of carbonyl (C=O) groups excluding carboxylic acids is 1. The molecule has 0 aromatic heterocycles. The van der Waals surface area contributed by atoms with Gasteiger partial charge in [-0.2, -0.15) is 0 Å². The van der Waals surface area contributed by atoms with Crippen molar-refractivity contribution in [2.45, 2.75) is 6.42 Å². The number of benzene rings is 1. The Labute approximate surface area is 93.8 Å². The lowest BCUT2D eigenvalue weighted by Crippen LogP contribution is -2.05. The highest BCUT2D eigenvalue weighted by molar-refractivity contribution is 9.10. The van der Waals surface area contributed by atoms with Gasteiger partial charge in [0.2, 0.25) is 0 Å². The van der Waals surface area contributed by atoms with Gasteiger partial charge in [-0.1, -0.05) is 22.0 Å². The lowest BCUT2D eigenvalue weighted by molar-refractivity contribution is 0.0990. The smallest absolute Gasteiger partial charge is 0.166 e. The molecule has 0 bridgehead atoms. The standard InChI is InChI=1S/C9H9Br2NO/c10-5-4-8(13)9-6(11)2-1-3-7(9)12/h1-3H,4-5,12H2. The molecule has 0 aliphatic rings. The third-order valence-electron chi connectivity index (χ3n) is 1.65. The number of nitrogen functional groups attached to an aromatic ring is 1. The van der Waals surface area contributed by atoms with Crippen LogP contribution >= 0.6 is 31.9 Å². The number of halogens is 2. The third-order valence-corrected chi connectivity index (χ3v) is 2.70. The summed E-state index contributed by atoms with van der Waals surface area (Å²) in [5, 5.41) is 0.659. The van der Waals surface area contributed by atoms with Crippen LogP contribution in [0.25, 0.3) is 0 Å². The van der Waals surface area contributed by atoms with Crippen LogP contribution in [-0.4, -0.2) is 11.1 Å². The third kappa shape index (κ3) is 2.54. The summed E-state index contributed by atoms with van der Waals surface area (Å²) in [6, 6.07) is 5.36. The Hall–Kier alpha value is -0.350. The summed E-state index contributed by atoms with van der Waals surface area (Å²) < 4.78 is 0.762. The van der Waals surface area contributed by atoms with Gasteiger partial charge in [0.15, 0.2) is 5.78 Å². The predicted molar refractivity (Wildman–Crippen MR) is 61.3 cm³/mol. The SMILES string of the molecule is Nc1cccc(Br)c1C(=O)CCBr. The summed E-state index contributed by atoms with van der Waals surface area (Å²) in [6.07, 6.45) is 0.465. The van der Waals surface area contributed by atoms with Crippen LogP contribution in [0.4, 0.5) is 5.69 Å². The molecule has 0 heterocycles. The molecule has 0 aliphatic carbocycles. The number of nitrogens with two attached hydrogens (primary N) is 1. The lowest BCUT2D eigenvalue weighted by atomic mass is 10.1. The highest BCUT2D eigenvalue weighted by atomic mass is 79.9. The molecule has 1 aromatic rings. The number of alkyl halides is 1. The molecule has 0 saturated heterocycles. The second kappa shape index (κ2) is 4.77. The molecule has 13 heavy (non-hydrogen) atoms. The number of hydrogen-bond acceptors (Lipinski definition) is 2. The Morgan fingerprint density at radius 1 is 1.46 bits per heavy atom. The molecule has 0 saturated carbocycles. The van der Waals surface area contributed by atoms with Crippen molar-refractivity contribution in [1.29, 1.82) is 0 Å². The van der Waals surface area contributed by atoms with Crippen molar-refractivity contribution in [2.24, 2.45) is 0 Å². The van der Waals surface area contributed by atoms with E-state index in [0.29, 0.717) is 23.0 Å². The molecule has 0 amide bonds. The van der Waals surface area contributed by atoms with E-state index in [9.17, 15) is 4.79 Å². The molecular formula is C9H9Br2NO. The fourth-order valence-corrected chi connectivity index (χ4v) is 2.01. The Balaban J connectivity index is 3.05. The van der Waals surface area contributed by atoms with Crippen LogP contribution in [0.3, 0.4) is 0 Å². The maximum Gasteiger partial charge on any atom is 0.166 e. The first kappa shape index (κ1) is 10.7. The topological polar surface area (TPSA) is 43.1 Å². The Kier molecular flexibility index (Phi) is 3.93. The second-order valence-electron chi connectivity index (χ2n) is 2.57. The summed E-state index contributed by atoms with van der Waals surface area (Å²) in [5.41, 5.74) is 6.80. The molecule has 2 N–H and O–H groups in total. The lowest BCUT2D eigenvalue weighted by Gasteiger charge is -2.05. The zero-order valence-electron chi connectivity index (χ0n) is 6.89. The maximum absolute atomic E-state index is 11.5. The highest BCUT2D eigenvalue weighted by Crippen LogP contribution is 2.23. The zero-order valence-corrected chi connectivity index (χ0v) is 10.1. The largest absolute Gasteiger partial charge is 0.398 e. The molecule has 1 aromatic carbocycles. The van der Waals surface area contributed by atoms with Crippen LogP contribution in [0.1, 0.15) is 16.8 Å². The van der Waals surface area contributed by atoms with Crippen LogP contribution < -0.4 is 5.73 Å². The average molecular weight is 307 g/mol. The first-order valence-corrected chi connectivity index (χ1v) is 5.71. The van der Waals surface area contributed by atoms with Crippen LogP contribution in [0, 0.1) is 0 Å². The zero-order chi connectivity index (χ0) is 9.84. The van der Waals surface area contributed by atoms with Crippen molar-refractivity contribution in [2.75, 3.05) is 11.1 Å². The van der Waals surface area contributed by atoms with Gasteiger partial charge in [0.05, 0.1) is 5.56 Å². The monoisotopic (exact) mass is 305 g/mol. The second-order valence-corrected chi connectivity index (χ2v) is 4.21. The Bertz CT molecular complexity index is 305. The summed E-state index contributed by atoms with van der Waals surface area (Å²) in [7, 11) is 0. The molecule has 0 unspecified atom stereocenters. The van der Waals surface area contributed by atoms with Gasteiger partial charge in [-0.3, -0.25) is 4.79 Å². The molecule has 2 nitrogen and oxygen atoms in total. The summed E-state index contributed by atoms with van der Waals surface area (Å²) in [5.74, 6) is 0.0573. The van der Waals surface area contributed by atoms with E-state index in [1.807, 2.05) is 12.1 Å². The molecular weight excluding hydrogens is 298 g/mol. The first-order valence-electron chi connectivity index (χ1n) is 3.80. The van der Waals surface area contributed by atoms with E-state index < -0.39 is 0 Å². The Morgan fingerprint density at radius 2 is 2.15 bits per heavy atom. The number of rotatable bonds is 3. The van der Waals surface area contributed by atoms with E-state index in [1.165, 1.54) is 0 Å².